The van der Waals surface area contributed by atoms with Crippen LogP contribution in [0.4, 0.5) is 0 Å². The Balaban J connectivity index is 1.94. The third-order valence-electron chi connectivity index (χ3n) is 3.21. The van der Waals surface area contributed by atoms with Crippen molar-refractivity contribution in [1.29, 1.82) is 0 Å². The summed E-state index contributed by atoms with van der Waals surface area (Å²) in [6.45, 7) is 0.650. The fraction of sp³-hybridized carbons (Fsp3) is 0.357. The molecule has 0 bridgehead atoms. The maximum Gasteiger partial charge on any atom is 0.226 e. The minimum Gasteiger partial charge on any atom is -0.451 e. The van der Waals surface area contributed by atoms with E-state index in [1.807, 2.05) is 12.1 Å². The molecule has 4 heteroatoms. The lowest BCUT2D eigenvalue weighted by Gasteiger charge is -2.20. The highest BCUT2D eigenvalue weighted by atomic mass is 35.5. The van der Waals surface area contributed by atoms with Gasteiger partial charge in [-0.15, -0.1) is 0 Å². The Hall–Kier alpha value is -1.32. The van der Waals surface area contributed by atoms with Crippen LogP contribution in [0.1, 0.15) is 29.8 Å². The molecule has 1 aliphatic rings. The average Bonchev–Trinajstić information content (AvgIpc) is 2.84. The number of carbonyl (C=O) groups is 1. The van der Waals surface area contributed by atoms with Crippen LogP contribution in [-0.2, 0) is 4.74 Å². The largest absolute Gasteiger partial charge is 0.451 e. The number of benzene rings is 1. The molecule has 1 aromatic heterocycles. The summed E-state index contributed by atoms with van der Waals surface area (Å²) in [6.07, 6.45) is 2.45. The molecule has 18 heavy (non-hydrogen) atoms. The Bertz CT molecular complexity index is 582. The summed E-state index contributed by atoms with van der Waals surface area (Å²) >= 11 is 6.02. The number of furan rings is 1. The van der Waals surface area contributed by atoms with Gasteiger partial charge < -0.3 is 9.15 Å². The van der Waals surface area contributed by atoms with Gasteiger partial charge in [0.15, 0.2) is 11.3 Å². The number of Topliss-reactive ketones (excluding diaryl/α,β-unsaturated/α-hetero) is 1. The highest BCUT2D eigenvalue weighted by Gasteiger charge is 2.26. The molecule has 1 aromatic carbocycles. The zero-order chi connectivity index (χ0) is 12.5. The van der Waals surface area contributed by atoms with Crippen molar-refractivity contribution in [3.63, 3.8) is 0 Å². The number of carbonyl (C=O) groups excluding carboxylic acids is 1. The van der Waals surface area contributed by atoms with E-state index in [1.54, 1.807) is 12.1 Å². The van der Waals surface area contributed by atoms with E-state index in [0.29, 0.717) is 23.0 Å². The van der Waals surface area contributed by atoms with E-state index in [2.05, 4.69) is 0 Å². The molecule has 2 heterocycles. The number of ketones is 1. The molecule has 1 atom stereocenters. The molecule has 1 fully saturated rings. The van der Waals surface area contributed by atoms with Gasteiger partial charge in [-0.25, -0.2) is 0 Å². The SMILES string of the molecule is O=C(c1cc2cccc(Cl)c2o1)C1CCCCO1. The van der Waals surface area contributed by atoms with Crippen LogP contribution in [0.2, 0.25) is 5.02 Å². The maximum absolute atomic E-state index is 12.2. The fourth-order valence-corrected chi connectivity index (χ4v) is 2.48. The lowest BCUT2D eigenvalue weighted by molar-refractivity contribution is 0.0169. The predicted molar refractivity (Wildman–Crippen MR) is 69.1 cm³/mol. The molecule has 3 rings (SSSR count). The molecule has 0 saturated carbocycles. The summed E-state index contributed by atoms with van der Waals surface area (Å²) in [7, 11) is 0. The van der Waals surface area contributed by atoms with Crippen molar-refractivity contribution in [2.75, 3.05) is 6.61 Å². The number of halogens is 1. The van der Waals surface area contributed by atoms with Gasteiger partial charge in [-0.1, -0.05) is 23.7 Å². The first kappa shape index (κ1) is 11.8. The van der Waals surface area contributed by atoms with Crippen LogP contribution in [0, 0.1) is 0 Å². The van der Waals surface area contributed by atoms with E-state index < -0.39 is 0 Å². The van der Waals surface area contributed by atoms with E-state index >= 15 is 0 Å². The number of fused-ring (bicyclic) bond motifs is 1. The molecule has 1 saturated heterocycles. The van der Waals surface area contributed by atoms with Crippen molar-refractivity contribution in [2.45, 2.75) is 25.4 Å². The summed E-state index contributed by atoms with van der Waals surface area (Å²) < 4.78 is 11.0. The van der Waals surface area contributed by atoms with Crippen molar-refractivity contribution in [3.8, 4) is 0 Å². The second kappa shape index (κ2) is 4.75. The molecule has 0 amide bonds. The van der Waals surface area contributed by atoms with Crippen LogP contribution in [0.15, 0.2) is 28.7 Å². The van der Waals surface area contributed by atoms with Crippen molar-refractivity contribution in [3.05, 3.63) is 35.0 Å². The van der Waals surface area contributed by atoms with Gasteiger partial charge in [0, 0.05) is 12.0 Å². The number of para-hydroxylation sites is 1. The molecule has 2 aromatic rings. The lowest BCUT2D eigenvalue weighted by atomic mass is 10.0. The van der Waals surface area contributed by atoms with Gasteiger partial charge in [-0.05, 0) is 31.4 Å². The van der Waals surface area contributed by atoms with Crippen molar-refractivity contribution in [2.24, 2.45) is 0 Å². The summed E-state index contributed by atoms with van der Waals surface area (Å²) in [6, 6.07) is 7.20. The molecule has 1 aliphatic heterocycles. The first-order chi connectivity index (χ1) is 8.75. The molecular formula is C14H13ClO3. The zero-order valence-electron chi connectivity index (χ0n) is 9.82. The van der Waals surface area contributed by atoms with Crippen LogP contribution in [0.25, 0.3) is 11.0 Å². The van der Waals surface area contributed by atoms with Crippen molar-refractivity contribution >= 4 is 28.4 Å². The summed E-state index contributed by atoms with van der Waals surface area (Å²) in [5, 5.41) is 1.37. The highest BCUT2D eigenvalue weighted by molar-refractivity contribution is 6.34. The van der Waals surface area contributed by atoms with Crippen LogP contribution in [-0.4, -0.2) is 18.5 Å². The Labute approximate surface area is 110 Å². The minimum atomic E-state index is -0.363. The molecule has 1 unspecified atom stereocenters. The van der Waals surface area contributed by atoms with E-state index in [0.717, 1.165) is 24.6 Å². The molecule has 94 valence electrons. The van der Waals surface area contributed by atoms with Gasteiger partial charge in [-0.3, -0.25) is 4.79 Å². The molecule has 0 spiro atoms. The Morgan fingerprint density at radius 2 is 2.22 bits per heavy atom. The van der Waals surface area contributed by atoms with Gasteiger partial charge in [0.05, 0.1) is 5.02 Å². The van der Waals surface area contributed by atoms with Crippen molar-refractivity contribution in [1.82, 2.24) is 0 Å². The average molecular weight is 265 g/mol. The van der Waals surface area contributed by atoms with Gasteiger partial charge in [0.2, 0.25) is 5.78 Å². The third-order valence-corrected chi connectivity index (χ3v) is 3.51. The van der Waals surface area contributed by atoms with Gasteiger partial charge in [0.25, 0.3) is 0 Å². The van der Waals surface area contributed by atoms with E-state index in [4.69, 9.17) is 20.8 Å². The Morgan fingerprint density at radius 1 is 1.33 bits per heavy atom. The molecule has 0 radical (unpaired) electrons. The number of hydrogen-bond donors (Lipinski definition) is 0. The molecule has 3 nitrogen and oxygen atoms in total. The molecular weight excluding hydrogens is 252 g/mol. The van der Waals surface area contributed by atoms with E-state index in [9.17, 15) is 4.79 Å². The predicted octanol–water partition coefficient (Wildman–Crippen LogP) is 3.84. The first-order valence-corrected chi connectivity index (χ1v) is 6.47. The lowest BCUT2D eigenvalue weighted by Crippen LogP contribution is -2.27. The van der Waals surface area contributed by atoms with Crippen LogP contribution < -0.4 is 0 Å². The summed E-state index contributed by atoms with van der Waals surface area (Å²) in [4.78, 5) is 12.2. The maximum atomic E-state index is 12.2. The summed E-state index contributed by atoms with van der Waals surface area (Å²) in [5.74, 6) is 0.256. The molecule has 0 aliphatic carbocycles. The standard InChI is InChI=1S/C14H13ClO3/c15-10-5-3-4-9-8-12(18-14(9)10)13(16)11-6-1-2-7-17-11/h3-5,8,11H,1-2,6-7H2. The Kier molecular flexibility index (Phi) is 3.10. The van der Waals surface area contributed by atoms with Crippen LogP contribution >= 0.6 is 11.6 Å². The highest BCUT2D eigenvalue weighted by Crippen LogP contribution is 2.28. The van der Waals surface area contributed by atoms with E-state index in [-0.39, 0.29) is 11.9 Å². The number of ether oxygens (including phenoxy) is 1. The van der Waals surface area contributed by atoms with Crippen LogP contribution in [0.3, 0.4) is 0 Å². The zero-order valence-corrected chi connectivity index (χ0v) is 10.6. The van der Waals surface area contributed by atoms with Gasteiger partial charge in [-0.2, -0.15) is 0 Å². The second-order valence-corrected chi connectivity index (χ2v) is 4.90. The minimum absolute atomic E-state index is 0.0815. The monoisotopic (exact) mass is 264 g/mol. The fourth-order valence-electron chi connectivity index (χ4n) is 2.26. The first-order valence-electron chi connectivity index (χ1n) is 6.09. The van der Waals surface area contributed by atoms with Crippen LogP contribution in [0.5, 0.6) is 0 Å². The van der Waals surface area contributed by atoms with Crippen molar-refractivity contribution < 1.29 is 13.9 Å². The number of hydrogen-bond acceptors (Lipinski definition) is 3. The summed E-state index contributed by atoms with van der Waals surface area (Å²) in [5.41, 5.74) is 0.568. The normalized spacial score (nSPS) is 20.2. The second-order valence-electron chi connectivity index (χ2n) is 4.49. The number of rotatable bonds is 2. The smallest absolute Gasteiger partial charge is 0.226 e. The molecule has 0 N–H and O–H groups in total. The van der Waals surface area contributed by atoms with Gasteiger partial charge in [0.1, 0.15) is 6.10 Å². The topological polar surface area (TPSA) is 39.4 Å². The quantitative estimate of drug-likeness (QED) is 0.774. The van der Waals surface area contributed by atoms with E-state index in [1.165, 1.54) is 0 Å². The Morgan fingerprint density at radius 3 is 2.94 bits per heavy atom. The third kappa shape index (κ3) is 2.04. The van der Waals surface area contributed by atoms with Gasteiger partial charge >= 0.3 is 0 Å².